The predicted octanol–water partition coefficient (Wildman–Crippen LogP) is 2.71. The second-order valence-electron chi connectivity index (χ2n) is 7.48. The van der Waals surface area contributed by atoms with Crippen molar-refractivity contribution >= 4 is 28.8 Å². The molecule has 8 heteroatoms. The average Bonchev–Trinajstić information content (AvgIpc) is 2.92. The molecule has 1 saturated heterocycles. The summed E-state index contributed by atoms with van der Waals surface area (Å²) in [5.41, 5.74) is 0.950. The molecule has 0 bridgehead atoms. The zero-order chi connectivity index (χ0) is 18.9. The Morgan fingerprint density at radius 3 is 2.85 bits per heavy atom. The number of hydrogen-bond acceptors (Lipinski definition) is 5. The third kappa shape index (κ3) is 4.25. The summed E-state index contributed by atoms with van der Waals surface area (Å²) in [6.45, 7) is 6.35. The second-order valence-corrected chi connectivity index (χ2v) is 7.48. The van der Waals surface area contributed by atoms with Gasteiger partial charge in [-0.25, -0.2) is 9.59 Å². The molecule has 2 aromatic rings. The second kappa shape index (κ2) is 6.86. The van der Waals surface area contributed by atoms with E-state index in [2.05, 4.69) is 10.3 Å². The highest BCUT2D eigenvalue weighted by atomic mass is 16.6. The largest absolute Gasteiger partial charge is 0.444 e. The van der Waals surface area contributed by atoms with E-state index in [-0.39, 0.29) is 11.8 Å². The SMILES string of the molecule is CC(C)(C)OC(=O)N1CCCC(C(=O)Nc2ccc3oc(=O)[nH]c3c2)C1. The van der Waals surface area contributed by atoms with E-state index in [0.29, 0.717) is 36.3 Å². The van der Waals surface area contributed by atoms with E-state index in [9.17, 15) is 14.4 Å². The number of carbonyl (C=O) groups is 2. The predicted molar refractivity (Wildman–Crippen MR) is 96.0 cm³/mol. The van der Waals surface area contributed by atoms with Crippen molar-refractivity contribution < 1.29 is 18.7 Å². The van der Waals surface area contributed by atoms with Gasteiger partial charge in [0.25, 0.3) is 0 Å². The van der Waals surface area contributed by atoms with Crippen LogP contribution in [0.15, 0.2) is 27.4 Å². The molecule has 2 N–H and O–H groups in total. The topological polar surface area (TPSA) is 105 Å². The quantitative estimate of drug-likeness (QED) is 0.856. The molecule has 2 amide bonds. The summed E-state index contributed by atoms with van der Waals surface area (Å²) < 4.78 is 10.3. The Kier molecular flexibility index (Phi) is 4.76. The third-order valence-electron chi connectivity index (χ3n) is 4.13. The fraction of sp³-hybridized carbons (Fsp3) is 0.500. The molecule has 2 heterocycles. The number of amides is 2. The molecule has 1 fully saturated rings. The van der Waals surface area contributed by atoms with Crippen LogP contribution >= 0.6 is 0 Å². The van der Waals surface area contributed by atoms with Crippen molar-refractivity contribution in [1.82, 2.24) is 9.88 Å². The highest BCUT2D eigenvalue weighted by Crippen LogP contribution is 2.22. The minimum absolute atomic E-state index is 0.163. The summed E-state index contributed by atoms with van der Waals surface area (Å²) in [7, 11) is 0. The van der Waals surface area contributed by atoms with E-state index < -0.39 is 17.5 Å². The Morgan fingerprint density at radius 1 is 1.35 bits per heavy atom. The summed E-state index contributed by atoms with van der Waals surface area (Å²) >= 11 is 0. The summed E-state index contributed by atoms with van der Waals surface area (Å²) in [5.74, 6) is -1.01. The molecule has 0 saturated carbocycles. The summed E-state index contributed by atoms with van der Waals surface area (Å²) in [6, 6.07) is 4.94. The van der Waals surface area contributed by atoms with Gasteiger partial charge in [0.15, 0.2) is 5.58 Å². The van der Waals surface area contributed by atoms with Gasteiger partial charge in [-0.3, -0.25) is 9.78 Å². The number of H-pyrrole nitrogens is 1. The van der Waals surface area contributed by atoms with Crippen LogP contribution in [0.5, 0.6) is 0 Å². The molecule has 1 atom stereocenters. The van der Waals surface area contributed by atoms with Crippen molar-refractivity contribution in [3.63, 3.8) is 0 Å². The number of nitrogens with one attached hydrogen (secondary N) is 2. The molecule has 0 aliphatic carbocycles. The Hall–Kier alpha value is -2.77. The molecule has 0 spiro atoms. The summed E-state index contributed by atoms with van der Waals surface area (Å²) in [5, 5.41) is 2.84. The minimum atomic E-state index is -0.566. The first kappa shape index (κ1) is 18.0. The lowest BCUT2D eigenvalue weighted by molar-refractivity contribution is -0.121. The molecule has 140 valence electrons. The minimum Gasteiger partial charge on any atom is -0.444 e. The number of fused-ring (bicyclic) bond motifs is 1. The summed E-state index contributed by atoms with van der Waals surface area (Å²) in [4.78, 5) is 40.1. The zero-order valence-corrected chi connectivity index (χ0v) is 15.1. The zero-order valence-electron chi connectivity index (χ0n) is 15.1. The van der Waals surface area contributed by atoms with Gasteiger partial charge in [0.05, 0.1) is 11.4 Å². The van der Waals surface area contributed by atoms with E-state index in [0.717, 1.165) is 6.42 Å². The van der Waals surface area contributed by atoms with Crippen molar-refractivity contribution in [3.05, 3.63) is 28.7 Å². The van der Waals surface area contributed by atoms with Crippen LogP contribution in [-0.4, -0.2) is 40.6 Å². The van der Waals surface area contributed by atoms with Gasteiger partial charge in [-0.15, -0.1) is 0 Å². The fourth-order valence-corrected chi connectivity index (χ4v) is 2.96. The maximum absolute atomic E-state index is 12.6. The monoisotopic (exact) mass is 361 g/mol. The van der Waals surface area contributed by atoms with Gasteiger partial charge >= 0.3 is 11.8 Å². The molecule has 26 heavy (non-hydrogen) atoms. The molecule has 1 aromatic heterocycles. The standard InChI is InChI=1S/C18H23N3O5/c1-18(2,3)26-17(24)21-8-4-5-11(10-21)15(22)19-12-6-7-14-13(9-12)20-16(23)25-14/h6-7,9,11H,4-5,8,10H2,1-3H3,(H,19,22)(H,20,23). The molecule has 1 aliphatic heterocycles. The van der Waals surface area contributed by atoms with Gasteiger partial charge in [-0.1, -0.05) is 0 Å². The molecule has 0 radical (unpaired) electrons. The number of likely N-dealkylation sites (tertiary alicyclic amines) is 1. The number of piperidine rings is 1. The highest BCUT2D eigenvalue weighted by Gasteiger charge is 2.31. The maximum Gasteiger partial charge on any atom is 0.417 e. The van der Waals surface area contributed by atoms with Gasteiger partial charge in [0.2, 0.25) is 5.91 Å². The van der Waals surface area contributed by atoms with Crippen LogP contribution in [0.4, 0.5) is 10.5 Å². The van der Waals surface area contributed by atoms with Crippen LogP contribution in [0.25, 0.3) is 11.1 Å². The Labute approximate surface area is 150 Å². The third-order valence-corrected chi connectivity index (χ3v) is 4.13. The number of nitrogens with zero attached hydrogens (tertiary/aromatic N) is 1. The van der Waals surface area contributed by atoms with E-state index >= 15 is 0 Å². The molecular weight excluding hydrogens is 338 g/mol. The van der Waals surface area contributed by atoms with Gasteiger partial charge in [-0.05, 0) is 51.8 Å². The molecule has 8 nitrogen and oxygen atoms in total. The van der Waals surface area contributed by atoms with Crippen molar-refractivity contribution in [2.75, 3.05) is 18.4 Å². The molecule has 3 rings (SSSR count). The lowest BCUT2D eigenvalue weighted by Crippen LogP contribution is -2.45. The number of hydrogen-bond donors (Lipinski definition) is 2. The van der Waals surface area contributed by atoms with Crippen LogP contribution in [0.2, 0.25) is 0 Å². The van der Waals surface area contributed by atoms with Crippen LogP contribution in [0, 0.1) is 5.92 Å². The van der Waals surface area contributed by atoms with E-state index in [1.165, 1.54) is 0 Å². The Bertz CT molecular complexity index is 877. The first-order chi connectivity index (χ1) is 12.2. The summed E-state index contributed by atoms with van der Waals surface area (Å²) in [6.07, 6.45) is 1.05. The van der Waals surface area contributed by atoms with Gasteiger partial charge in [0.1, 0.15) is 5.60 Å². The van der Waals surface area contributed by atoms with Gasteiger partial charge in [0, 0.05) is 18.8 Å². The number of anilines is 1. The van der Waals surface area contributed by atoms with Crippen molar-refractivity contribution in [3.8, 4) is 0 Å². The van der Waals surface area contributed by atoms with Crippen LogP contribution in [0.1, 0.15) is 33.6 Å². The van der Waals surface area contributed by atoms with E-state index in [1.54, 1.807) is 23.1 Å². The van der Waals surface area contributed by atoms with Crippen molar-refractivity contribution in [1.29, 1.82) is 0 Å². The van der Waals surface area contributed by atoms with Gasteiger partial charge < -0.3 is 19.4 Å². The number of benzene rings is 1. The van der Waals surface area contributed by atoms with Crippen molar-refractivity contribution in [2.24, 2.45) is 5.92 Å². The molecule has 1 aromatic carbocycles. The smallest absolute Gasteiger partial charge is 0.417 e. The normalized spacial score (nSPS) is 18.0. The van der Waals surface area contributed by atoms with Gasteiger partial charge in [-0.2, -0.15) is 0 Å². The Balaban J connectivity index is 1.64. The number of carbonyl (C=O) groups excluding carboxylic acids is 2. The maximum atomic E-state index is 12.6. The van der Waals surface area contributed by atoms with E-state index in [4.69, 9.17) is 9.15 Å². The number of rotatable bonds is 2. The highest BCUT2D eigenvalue weighted by molar-refractivity contribution is 5.94. The average molecular weight is 361 g/mol. The number of aromatic nitrogens is 1. The van der Waals surface area contributed by atoms with Crippen molar-refractivity contribution in [2.45, 2.75) is 39.2 Å². The van der Waals surface area contributed by atoms with Crippen LogP contribution in [0.3, 0.4) is 0 Å². The first-order valence-corrected chi connectivity index (χ1v) is 8.63. The Morgan fingerprint density at radius 2 is 2.12 bits per heavy atom. The fourth-order valence-electron chi connectivity index (χ4n) is 2.96. The van der Waals surface area contributed by atoms with E-state index in [1.807, 2.05) is 20.8 Å². The lowest BCUT2D eigenvalue weighted by atomic mass is 9.97. The molecule has 1 aliphatic rings. The van der Waals surface area contributed by atoms with Crippen LogP contribution < -0.4 is 11.1 Å². The number of ether oxygens (including phenoxy) is 1. The number of aromatic amines is 1. The lowest BCUT2D eigenvalue weighted by Gasteiger charge is -2.33. The number of oxazole rings is 1. The first-order valence-electron chi connectivity index (χ1n) is 8.63. The van der Waals surface area contributed by atoms with Crippen LogP contribution in [-0.2, 0) is 9.53 Å². The molecular formula is C18H23N3O5. The molecule has 1 unspecified atom stereocenters.